The van der Waals surface area contributed by atoms with Crippen LogP contribution in [-0.2, 0) is 11.3 Å². The predicted molar refractivity (Wildman–Crippen MR) is 70.0 cm³/mol. The number of aromatic nitrogens is 1. The predicted octanol–water partition coefficient (Wildman–Crippen LogP) is 1.62. The Morgan fingerprint density at radius 2 is 2.17 bits per heavy atom. The number of amides is 1. The summed E-state index contributed by atoms with van der Waals surface area (Å²) < 4.78 is 5.06. The molecule has 1 heterocycles. The zero-order valence-electron chi connectivity index (χ0n) is 11.6. The van der Waals surface area contributed by atoms with Crippen LogP contribution in [0, 0.1) is 12.8 Å². The van der Waals surface area contributed by atoms with Crippen molar-refractivity contribution in [1.82, 2.24) is 15.8 Å². The first-order valence-corrected chi connectivity index (χ1v) is 6.42. The van der Waals surface area contributed by atoms with Crippen LogP contribution in [0.2, 0.25) is 0 Å². The van der Waals surface area contributed by atoms with Crippen LogP contribution in [0.5, 0.6) is 0 Å². The van der Waals surface area contributed by atoms with Gasteiger partial charge in [-0.1, -0.05) is 19.0 Å². The van der Waals surface area contributed by atoms with Gasteiger partial charge in [-0.3, -0.25) is 10.1 Å². The van der Waals surface area contributed by atoms with E-state index in [9.17, 15) is 4.79 Å². The Balaban J connectivity index is 2.23. The topological polar surface area (TPSA) is 67.2 Å². The molecule has 1 amide bonds. The van der Waals surface area contributed by atoms with Gasteiger partial charge in [-0.25, -0.2) is 0 Å². The van der Waals surface area contributed by atoms with Crippen LogP contribution in [0.25, 0.3) is 0 Å². The highest BCUT2D eigenvalue weighted by molar-refractivity contribution is 5.81. The first-order chi connectivity index (χ1) is 8.49. The Labute approximate surface area is 108 Å². The highest BCUT2D eigenvalue weighted by Crippen LogP contribution is 2.02. The van der Waals surface area contributed by atoms with Gasteiger partial charge in [0.25, 0.3) is 0 Å². The molecule has 5 heteroatoms. The normalized spacial score (nSPS) is 12.7. The smallest absolute Gasteiger partial charge is 0.236 e. The maximum atomic E-state index is 11.7. The third-order valence-corrected chi connectivity index (χ3v) is 2.67. The molecule has 1 aromatic heterocycles. The average Bonchev–Trinajstić information content (AvgIpc) is 2.71. The monoisotopic (exact) mass is 253 g/mol. The van der Waals surface area contributed by atoms with Crippen LogP contribution in [0.4, 0.5) is 0 Å². The number of hydrogen-bond acceptors (Lipinski definition) is 4. The summed E-state index contributed by atoms with van der Waals surface area (Å²) in [6, 6.07) is 1.62. The van der Waals surface area contributed by atoms with Gasteiger partial charge in [-0.05, 0) is 26.2 Å². The minimum Gasteiger partial charge on any atom is -0.360 e. The number of carbonyl (C=O) groups excluding carboxylic acids is 1. The summed E-state index contributed by atoms with van der Waals surface area (Å²) in [5.74, 6) is 1.37. The van der Waals surface area contributed by atoms with Gasteiger partial charge in [0.05, 0.1) is 18.3 Å². The molecule has 102 valence electrons. The summed E-state index contributed by atoms with van der Waals surface area (Å²) >= 11 is 0. The molecule has 0 aromatic carbocycles. The third-order valence-electron chi connectivity index (χ3n) is 2.67. The maximum absolute atomic E-state index is 11.7. The van der Waals surface area contributed by atoms with E-state index in [1.165, 1.54) is 0 Å². The lowest BCUT2D eigenvalue weighted by atomic mass is 10.1. The highest BCUT2D eigenvalue weighted by Gasteiger charge is 2.12. The molecule has 5 nitrogen and oxygen atoms in total. The highest BCUT2D eigenvalue weighted by atomic mass is 16.5. The molecular weight excluding hydrogens is 230 g/mol. The van der Waals surface area contributed by atoms with E-state index in [1.54, 1.807) is 0 Å². The molecule has 0 radical (unpaired) electrons. The van der Waals surface area contributed by atoms with Gasteiger partial charge >= 0.3 is 0 Å². The van der Waals surface area contributed by atoms with Crippen molar-refractivity contribution in [2.45, 2.75) is 46.7 Å². The average molecular weight is 253 g/mol. The Morgan fingerprint density at radius 3 is 2.72 bits per heavy atom. The second kappa shape index (κ2) is 7.16. The summed E-state index contributed by atoms with van der Waals surface area (Å²) in [7, 11) is 0. The largest absolute Gasteiger partial charge is 0.360 e. The van der Waals surface area contributed by atoms with Crippen LogP contribution >= 0.6 is 0 Å². The van der Waals surface area contributed by atoms with Gasteiger partial charge in [0.2, 0.25) is 5.91 Å². The van der Waals surface area contributed by atoms with E-state index in [0.717, 1.165) is 24.4 Å². The van der Waals surface area contributed by atoms with Crippen molar-refractivity contribution in [1.29, 1.82) is 0 Å². The van der Waals surface area contributed by atoms with E-state index in [-0.39, 0.29) is 11.9 Å². The van der Waals surface area contributed by atoms with Gasteiger partial charge in [-0.15, -0.1) is 0 Å². The molecule has 2 N–H and O–H groups in total. The van der Waals surface area contributed by atoms with Crippen molar-refractivity contribution >= 4 is 5.91 Å². The van der Waals surface area contributed by atoms with Crippen molar-refractivity contribution in [3.05, 3.63) is 17.5 Å². The SMILES string of the molecule is Cc1cc(CNC(C)C(=O)NCCC(C)C)on1. The lowest BCUT2D eigenvalue weighted by Gasteiger charge is -2.13. The van der Waals surface area contributed by atoms with E-state index >= 15 is 0 Å². The number of rotatable bonds is 7. The molecular formula is C13H23N3O2. The molecule has 0 saturated carbocycles. The summed E-state index contributed by atoms with van der Waals surface area (Å²) in [4.78, 5) is 11.7. The van der Waals surface area contributed by atoms with Crippen LogP contribution in [0.3, 0.4) is 0 Å². The van der Waals surface area contributed by atoms with Crippen molar-refractivity contribution < 1.29 is 9.32 Å². The van der Waals surface area contributed by atoms with E-state index in [4.69, 9.17) is 4.52 Å². The maximum Gasteiger partial charge on any atom is 0.236 e. The molecule has 0 fully saturated rings. The van der Waals surface area contributed by atoms with E-state index in [1.807, 2.05) is 19.9 Å². The fourth-order valence-electron chi connectivity index (χ4n) is 1.48. The number of hydrogen-bond donors (Lipinski definition) is 2. The fourth-order valence-corrected chi connectivity index (χ4v) is 1.48. The van der Waals surface area contributed by atoms with Gasteiger partial charge < -0.3 is 9.84 Å². The fraction of sp³-hybridized carbons (Fsp3) is 0.692. The summed E-state index contributed by atoms with van der Waals surface area (Å²) in [5.41, 5.74) is 0.848. The van der Waals surface area contributed by atoms with Gasteiger partial charge in [0.15, 0.2) is 5.76 Å². The van der Waals surface area contributed by atoms with Crippen molar-refractivity contribution in [2.75, 3.05) is 6.54 Å². The molecule has 1 atom stereocenters. The first-order valence-electron chi connectivity index (χ1n) is 6.42. The van der Waals surface area contributed by atoms with Crippen molar-refractivity contribution in [3.63, 3.8) is 0 Å². The summed E-state index contributed by atoms with van der Waals surface area (Å²) in [5, 5.41) is 9.80. The molecule has 0 aliphatic carbocycles. The Morgan fingerprint density at radius 1 is 1.44 bits per heavy atom. The molecule has 0 spiro atoms. The first kappa shape index (κ1) is 14.7. The standard InChI is InChI=1S/C13H23N3O2/c1-9(2)5-6-14-13(17)11(4)15-8-12-7-10(3)16-18-12/h7,9,11,15H,5-6,8H2,1-4H3,(H,14,17). The zero-order valence-corrected chi connectivity index (χ0v) is 11.6. The van der Waals surface area contributed by atoms with Crippen LogP contribution < -0.4 is 10.6 Å². The second-order valence-electron chi connectivity index (χ2n) is 5.01. The van der Waals surface area contributed by atoms with Crippen molar-refractivity contribution in [2.24, 2.45) is 5.92 Å². The van der Waals surface area contributed by atoms with E-state index < -0.39 is 0 Å². The van der Waals surface area contributed by atoms with Crippen LogP contribution in [0.15, 0.2) is 10.6 Å². The lowest BCUT2D eigenvalue weighted by molar-refractivity contribution is -0.122. The molecule has 0 bridgehead atoms. The van der Waals surface area contributed by atoms with Crippen LogP contribution in [0.1, 0.15) is 38.6 Å². The number of aryl methyl sites for hydroxylation is 1. The Bertz CT molecular complexity index is 374. The molecule has 1 rings (SSSR count). The molecule has 1 aromatic rings. The molecule has 1 unspecified atom stereocenters. The Hall–Kier alpha value is -1.36. The zero-order chi connectivity index (χ0) is 13.5. The summed E-state index contributed by atoms with van der Waals surface area (Å²) in [6.45, 7) is 9.23. The molecule has 0 aliphatic rings. The summed E-state index contributed by atoms with van der Waals surface area (Å²) in [6.07, 6.45) is 1.000. The minimum absolute atomic E-state index is 0.0203. The van der Waals surface area contributed by atoms with Gasteiger partial charge in [0, 0.05) is 12.6 Å². The third kappa shape index (κ3) is 5.31. The number of nitrogens with zero attached hydrogens (tertiary/aromatic N) is 1. The molecule has 18 heavy (non-hydrogen) atoms. The lowest BCUT2D eigenvalue weighted by Crippen LogP contribution is -2.42. The second-order valence-corrected chi connectivity index (χ2v) is 5.01. The van der Waals surface area contributed by atoms with E-state index in [2.05, 4.69) is 29.6 Å². The van der Waals surface area contributed by atoms with Crippen molar-refractivity contribution in [3.8, 4) is 0 Å². The quantitative estimate of drug-likeness (QED) is 0.775. The van der Waals surface area contributed by atoms with E-state index in [0.29, 0.717) is 12.5 Å². The molecule has 0 aliphatic heterocycles. The molecule has 0 saturated heterocycles. The van der Waals surface area contributed by atoms with Crippen LogP contribution in [-0.4, -0.2) is 23.7 Å². The van der Waals surface area contributed by atoms with Gasteiger partial charge in [0.1, 0.15) is 0 Å². The Kier molecular flexibility index (Phi) is 5.85. The van der Waals surface area contributed by atoms with Gasteiger partial charge in [-0.2, -0.15) is 0 Å². The minimum atomic E-state index is -0.234. The number of carbonyl (C=O) groups is 1. The number of nitrogens with one attached hydrogen (secondary N) is 2.